The van der Waals surface area contributed by atoms with Gasteiger partial charge in [-0.25, -0.2) is 4.39 Å². The maximum Gasteiger partial charge on any atom is 0.127 e. The third-order valence-electron chi connectivity index (χ3n) is 2.43. The highest BCUT2D eigenvalue weighted by molar-refractivity contribution is 9.08. The lowest BCUT2D eigenvalue weighted by Crippen LogP contribution is -1.88. The van der Waals surface area contributed by atoms with Crippen molar-refractivity contribution in [3.8, 4) is 11.1 Å². The van der Waals surface area contributed by atoms with Crippen LogP contribution in [-0.2, 0) is 5.33 Å². The lowest BCUT2D eigenvalue weighted by Gasteiger charge is -2.05. The van der Waals surface area contributed by atoms with E-state index in [0.29, 0.717) is 10.9 Å². The van der Waals surface area contributed by atoms with Gasteiger partial charge in [0, 0.05) is 17.2 Å². The van der Waals surface area contributed by atoms with Gasteiger partial charge in [-0.2, -0.15) is 0 Å². The molecule has 1 heterocycles. The summed E-state index contributed by atoms with van der Waals surface area (Å²) in [5.41, 5.74) is 3.48. The molecule has 0 saturated heterocycles. The van der Waals surface area contributed by atoms with E-state index in [2.05, 4.69) is 20.9 Å². The van der Waals surface area contributed by atoms with Crippen LogP contribution >= 0.6 is 15.9 Å². The van der Waals surface area contributed by atoms with Crippen molar-refractivity contribution in [2.45, 2.75) is 12.3 Å². The first-order valence-electron chi connectivity index (χ1n) is 4.98. The van der Waals surface area contributed by atoms with Gasteiger partial charge in [-0.05, 0) is 41.8 Å². The monoisotopic (exact) mass is 279 g/mol. The number of aryl methyl sites for hydroxylation is 1. The molecule has 0 N–H and O–H groups in total. The summed E-state index contributed by atoms with van der Waals surface area (Å²) in [6.07, 6.45) is 1.74. The summed E-state index contributed by atoms with van der Waals surface area (Å²) in [4.78, 5) is 4.12. The van der Waals surface area contributed by atoms with Gasteiger partial charge in [0.25, 0.3) is 0 Å². The number of halogens is 2. The lowest BCUT2D eigenvalue weighted by atomic mass is 10.0. The van der Waals surface area contributed by atoms with Gasteiger partial charge < -0.3 is 0 Å². The fraction of sp³-hybridized carbons (Fsp3) is 0.154. The molecule has 1 nitrogen and oxygen atoms in total. The molecular formula is C13H11BrFN. The van der Waals surface area contributed by atoms with Gasteiger partial charge in [0.15, 0.2) is 0 Å². The number of hydrogen-bond donors (Lipinski definition) is 0. The van der Waals surface area contributed by atoms with Crippen LogP contribution in [0, 0.1) is 12.7 Å². The van der Waals surface area contributed by atoms with E-state index in [0.717, 1.165) is 16.8 Å². The van der Waals surface area contributed by atoms with E-state index in [1.54, 1.807) is 18.3 Å². The average Bonchev–Trinajstić information content (AvgIpc) is 2.29. The summed E-state index contributed by atoms with van der Waals surface area (Å²) < 4.78 is 13.6. The Kier molecular flexibility index (Phi) is 3.34. The van der Waals surface area contributed by atoms with Gasteiger partial charge in [0.1, 0.15) is 5.82 Å². The largest absolute Gasteiger partial charge is 0.262 e. The summed E-state index contributed by atoms with van der Waals surface area (Å²) in [5.74, 6) is -0.177. The number of hydrogen-bond acceptors (Lipinski definition) is 1. The first-order chi connectivity index (χ1) is 7.70. The molecule has 1 aromatic carbocycles. The van der Waals surface area contributed by atoms with Crippen molar-refractivity contribution in [3.63, 3.8) is 0 Å². The van der Waals surface area contributed by atoms with E-state index in [9.17, 15) is 4.39 Å². The van der Waals surface area contributed by atoms with E-state index in [1.807, 2.05) is 25.1 Å². The van der Waals surface area contributed by atoms with Gasteiger partial charge in [-0.1, -0.05) is 28.1 Å². The highest BCUT2D eigenvalue weighted by Gasteiger charge is 2.04. The Morgan fingerprint density at radius 1 is 1.19 bits per heavy atom. The van der Waals surface area contributed by atoms with Crippen LogP contribution < -0.4 is 0 Å². The first kappa shape index (κ1) is 11.3. The van der Waals surface area contributed by atoms with Gasteiger partial charge in [0.2, 0.25) is 0 Å². The third kappa shape index (κ3) is 2.30. The van der Waals surface area contributed by atoms with Gasteiger partial charge in [-0.3, -0.25) is 4.98 Å². The van der Waals surface area contributed by atoms with Crippen molar-refractivity contribution in [3.05, 3.63) is 53.6 Å². The van der Waals surface area contributed by atoms with Crippen LogP contribution in [0.1, 0.15) is 11.3 Å². The van der Waals surface area contributed by atoms with E-state index in [-0.39, 0.29) is 5.82 Å². The second-order valence-electron chi connectivity index (χ2n) is 3.63. The van der Waals surface area contributed by atoms with E-state index in [4.69, 9.17) is 0 Å². The minimum absolute atomic E-state index is 0.177. The van der Waals surface area contributed by atoms with E-state index >= 15 is 0 Å². The summed E-state index contributed by atoms with van der Waals surface area (Å²) >= 11 is 3.25. The second kappa shape index (κ2) is 4.74. The molecule has 1 aromatic heterocycles. The number of benzene rings is 1. The SMILES string of the molecule is Cc1cc(-c2ccc(CBr)c(F)c2)ccn1. The molecule has 0 atom stereocenters. The minimum atomic E-state index is -0.177. The van der Waals surface area contributed by atoms with Crippen molar-refractivity contribution in [1.29, 1.82) is 0 Å². The fourth-order valence-corrected chi connectivity index (χ4v) is 2.02. The molecule has 0 spiro atoms. The van der Waals surface area contributed by atoms with Gasteiger partial charge >= 0.3 is 0 Å². The molecule has 0 aliphatic rings. The Hall–Kier alpha value is -1.22. The van der Waals surface area contributed by atoms with Crippen molar-refractivity contribution >= 4 is 15.9 Å². The molecule has 0 unspecified atom stereocenters. The van der Waals surface area contributed by atoms with Gasteiger partial charge in [0.05, 0.1) is 0 Å². The Labute approximate surface area is 102 Å². The Morgan fingerprint density at radius 2 is 1.94 bits per heavy atom. The van der Waals surface area contributed by atoms with Crippen LogP contribution in [0.25, 0.3) is 11.1 Å². The van der Waals surface area contributed by atoms with Gasteiger partial charge in [-0.15, -0.1) is 0 Å². The van der Waals surface area contributed by atoms with Crippen molar-refractivity contribution in [2.75, 3.05) is 0 Å². The first-order valence-corrected chi connectivity index (χ1v) is 6.10. The number of nitrogens with zero attached hydrogens (tertiary/aromatic N) is 1. The molecular weight excluding hydrogens is 269 g/mol. The highest BCUT2D eigenvalue weighted by Crippen LogP contribution is 2.23. The van der Waals surface area contributed by atoms with Crippen molar-refractivity contribution in [1.82, 2.24) is 4.98 Å². The zero-order valence-corrected chi connectivity index (χ0v) is 10.5. The Balaban J connectivity index is 2.45. The zero-order chi connectivity index (χ0) is 11.5. The molecule has 0 radical (unpaired) electrons. The molecule has 82 valence electrons. The molecule has 2 rings (SSSR count). The zero-order valence-electron chi connectivity index (χ0n) is 8.87. The molecule has 16 heavy (non-hydrogen) atoms. The molecule has 3 heteroatoms. The van der Waals surface area contributed by atoms with Crippen LogP contribution in [0.5, 0.6) is 0 Å². The topological polar surface area (TPSA) is 12.9 Å². The van der Waals surface area contributed by atoms with Crippen LogP contribution in [0.15, 0.2) is 36.5 Å². The van der Waals surface area contributed by atoms with Crippen molar-refractivity contribution < 1.29 is 4.39 Å². The highest BCUT2D eigenvalue weighted by atomic mass is 79.9. The Bertz CT molecular complexity index is 511. The number of rotatable bonds is 2. The standard InChI is InChI=1S/C13H11BrFN/c1-9-6-11(4-5-16-9)10-2-3-12(8-14)13(15)7-10/h2-7H,8H2,1H3. The van der Waals surface area contributed by atoms with Crippen molar-refractivity contribution in [2.24, 2.45) is 0 Å². The molecule has 0 amide bonds. The Morgan fingerprint density at radius 3 is 2.56 bits per heavy atom. The molecule has 0 fully saturated rings. The predicted molar refractivity (Wildman–Crippen MR) is 67.0 cm³/mol. The third-order valence-corrected chi connectivity index (χ3v) is 3.03. The molecule has 0 bridgehead atoms. The normalized spacial score (nSPS) is 10.4. The van der Waals surface area contributed by atoms with Crippen LogP contribution in [0.4, 0.5) is 4.39 Å². The second-order valence-corrected chi connectivity index (χ2v) is 4.19. The maximum absolute atomic E-state index is 13.6. The lowest BCUT2D eigenvalue weighted by molar-refractivity contribution is 0.618. The van der Waals surface area contributed by atoms with Crippen LogP contribution in [0.2, 0.25) is 0 Å². The molecule has 0 aliphatic carbocycles. The van der Waals surface area contributed by atoms with Crippen LogP contribution in [0.3, 0.4) is 0 Å². The number of pyridine rings is 1. The van der Waals surface area contributed by atoms with E-state index < -0.39 is 0 Å². The predicted octanol–water partition coefficient (Wildman–Crippen LogP) is 4.09. The average molecular weight is 280 g/mol. The van der Waals surface area contributed by atoms with E-state index in [1.165, 1.54) is 0 Å². The number of aromatic nitrogens is 1. The smallest absolute Gasteiger partial charge is 0.127 e. The summed E-state index contributed by atoms with van der Waals surface area (Å²) in [6, 6.07) is 9.12. The molecule has 2 aromatic rings. The van der Waals surface area contributed by atoms with Crippen LogP contribution in [-0.4, -0.2) is 4.98 Å². The molecule has 0 saturated carbocycles. The summed E-state index contributed by atoms with van der Waals surface area (Å²) in [6.45, 7) is 1.92. The molecule has 0 aliphatic heterocycles. The number of alkyl halides is 1. The summed E-state index contributed by atoms with van der Waals surface area (Å²) in [7, 11) is 0. The summed E-state index contributed by atoms with van der Waals surface area (Å²) in [5, 5.41) is 0.536. The fourth-order valence-electron chi connectivity index (χ4n) is 1.56. The quantitative estimate of drug-likeness (QED) is 0.755. The maximum atomic E-state index is 13.6. The minimum Gasteiger partial charge on any atom is -0.262 e.